The smallest absolute Gasteiger partial charge is 0.240 e. The molecule has 2 bridgehead atoms. The summed E-state index contributed by atoms with van der Waals surface area (Å²) in [5.41, 5.74) is 5.72. The van der Waals surface area contributed by atoms with E-state index in [4.69, 9.17) is 24.4 Å². The predicted octanol–water partition coefficient (Wildman–Crippen LogP) is 3.64. The summed E-state index contributed by atoms with van der Waals surface area (Å²) in [6, 6.07) is 2.29. The van der Waals surface area contributed by atoms with E-state index in [-0.39, 0.29) is 12.1 Å². The van der Waals surface area contributed by atoms with Gasteiger partial charge in [-0.3, -0.25) is 14.7 Å². The molecular weight excluding hydrogens is 524 g/mol. The minimum Gasteiger partial charge on any atom is -0.476 e. The summed E-state index contributed by atoms with van der Waals surface area (Å²) >= 11 is 0. The van der Waals surface area contributed by atoms with Crippen molar-refractivity contribution in [1.29, 1.82) is 0 Å². The molecule has 2 atom stereocenters. The SMILES string of the molecule is CCOc1nn(C[C@H](C)O)c2c1/C=C/c1[nH]nc3ncc(cc13)-c1c(COC)nn(C)c1OC[C@@H](C)N(C(C)C)C2. The highest BCUT2D eigenvalue weighted by molar-refractivity contribution is 5.91. The largest absolute Gasteiger partial charge is 0.476 e. The third-order valence-electron chi connectivity index (χ3n) is 7.30. The minimum absolute atomic E-state index is 0.0357. The lowest BCUT2D eigenvalue weighted by molar-refractivity contribution is 0.1000. The standard InChI is InChI=1S/C29H40N8O4/c1-8-40-28-21-9-10-23-22-11-20(12-30-27(22)32-31-23)26-24(16-39-7)33-35(6)29(26)41-15-18(4)36(17(2)3)14-25(21)37(34-28)13-19(5)38/h9-12,17-19,38H,8,13-16H2,1-7H3,(H,30,31,32)/b10-9+/t18-,19+/m1/s1. The maximum atomic E-state index is 10.3. The zero-order valence-electron chi connectivity index (χ0n) is 24.9. The summed E-state index contributed by atoms with van der Waals surface area (Å²) in [4.78, 5) is 7.01. The molecule has 0 saturated carbocycles. The van der Waals surface area contributed by atoms with Crippen molar-refractivity contribution in [2.24, 2.45) is 7.05 Å². The number of H-pyrrole nitrogens is 1. The Bertz CT molecular complexity index is 1530. The molecule has 0 aromatic carbocycles. The number of rotatable bonds is 7. The second kappa shape index (κ2) is 12.0. The van der Waals surface area contributed by atoms with Crippen molar-refractivity contribution in [2.75, 3.05) is 20.3 Å². The lowest BCUT2D eigenvalue weighted by Crippen LogP contribution is -2.42. The van der Waals surface area contributed by atoms with Gasteiger partial charge in [0.2, 0.25) is 11.8 Å². The monoisotopic (exact) mass is 564 g/mol. The number of hydrogen-bond donors (Lipinski definition) is 2. The summed E-state index contributed by atoms with van der Waals surface area (Å²) in [7, 11) is 3.54. The number of hydrogen-bond acceptors (Lipinski definition) is 9. The molecular formula is C29H40N8O4. The van der Waals surface area contributed by atoms with Crippen LogP contribution in [0.15, 0.2) is 12.3 Å². The molecule has 5 heterocycles. The minimum atomic E-state index is -0.576. The number of nitrogens with zero attached hydrogens (tertiary/aromatic N) is 7. The molecule has 12 nitrogen and oxygen atoms in total. The Labute approximate surface area is 239 Å². The molecule has 4 aromatic heterocycles. The molecule has 2 N–H and O–H groups in total. The molecule has 1 aliphatic heterocycles. The van der Waals surface area contributed by atoms with Crippen molar-refractivity contribution < 1.29 is 19.3 Å². The van der Waals surface area contributed by atoms with Crippen LogP contribution in [-0.2, 0) is 31.5 Å². The summed E-state index contributed by atoms with van der Waals surface area (Å²) < 4.78 is 21.6. The normalized spacial score (nSPS) is 17.6. The first-order valence-corrected chi connectivity index (χ1v) is 14.1. The zero-order valence-corrected chi connectivity index (χ0v) is 24.9. The summed E-state index contributed by atoms with van der Waals surface area (Å²) in [5, 5.41) is 28.2. The van der Waals surface area contributed by atoms with Crippen molar-refractivity contribution >= 4 is 23.2 Å². The first-order chi connectivity index (χ1) is 19.7. The second-order valence-corrected chi connectivity index (χ2v) is 10.8. The number of nitrogens with one attached hydrogen (secondary N) is 1. The van der Waals surface area contributed by atoms with Crippen LogP contribution in [-0.4, -0.2) is 83.3 Å². The number of pyridine rings is 1. The zero-order chi connectivity index (χ0) is 29.3. The maximum Gasteiger partial charge on any atom is 0.240 e. The number of aromatic nitrogens is 7. The first kappa shape index (κ1) is 28.8. The predicted molar refractivity (Wildman–Crippen MR) is 156 cm³/mol. The van der Waals surface area contributed by atoms with Gasteiger partial charge in [-0.1, -0.05) is 0 Å². The highest BCUT2D eigenvalue weighted by Crippen LogP contribution is 2.36. The van der Waals surface area contributed by atoms with E-state index in [1.807, 2.05) is 30.8 Å². The Morgan fingerprint density at radius 2 is 2.02 bits per heavy atom. The van der Waals surface area contributed by atoms with Gasteiger partial charge in [-0.25, -0.2) is 9.67 Å². The Kier molecular flexibility index (Phi) is 8.43. The van der Waals surface area contributed by atoms with Gasteiger partial charge in [0.1, 0.15) is 6.61 Å². The number of aryl methyl sites for hydroxylation is 1. The van der Waals surface area contributed by atoms with Crippen molar-refractivity contribution in [3.63, 3.8) is 0 Å². The van der Waals surface area contributed by atoms with Gasteiger partial charge < -0.3 is 19.3 Å². The summed E-state index contributed by atoms with van der Waals surface area (Å²) in [6.45, 7) is 12.4. The number of fused-ring (bicyclic) bond motifs is 4. The lowest BCUT2D eigenvalue weighted by Gasteiger charge is -2.33. The van der Waals surface area contributed by atoms with E-state index in [9.17, 15) is 5.11 Å². The van der Waals surface area contributed by atoms with Gasteiger partial charge in [-0.2, -0.15) is 10.2 Å². The van der Waals surface area contributed by atoms with E-state index in [0.29, 0.717) is 50.3 Å². The van der Waals surface area contributed by atoms with Crippen LogP contribution in [0.3, 0.4) is 0 Å². The Morgan fingerprint density at radius 3 is 2.73 bits per heavy atom. The molecule has 0 radical (unpaired) electrons. The van der Waals surface area contributed by atoms with Gasteiger partial charge in [0.25, 0.3) is 0 Å². The van der Waals surface area contributed by atoms with Gasteiger partial charge in [-0.15, -0.1) is 5.10 Å². The molecule has 0 spiro atoms. The van der Waals surface area contributed by atoms with Crippen molar-refractivity contribution in [1.82, 2.24) is 39.6 Å². The number of aliphatic hydroxyl groups is 1. The van der Waals surface area contributed by atoms with Gasteiger partial charge in [0, 0.05) is 49.9 Å². The van der Waals surface area contributed by atoms with E-state index in [1.165, 1.54) is 0 Å². The molecule has 0 unspecified atom stereocenters. The van der Waals surface area contributed by atoms with Gasteiger partial charge in [0.15, 0.2) is 5.65 Å². The third-order valence-corrected chi connectivity index (χ3v) is 7.30. The van der Waals surface area contributed by atoms with Crippen LogP contribution in [0.25, 0.3) is 34.3 Å². The fourth-order valence-corrected chi connectivity index (χ4v) is 5.38. The van der Waals surface area contributed by atoms with E-state index in [0.717, 1.165) is 39.2 Å². The summed E-state index contributed by atoms with van der Waals surface area (Å²) in [6.07, 6.45) is 5.22. The average Bonchev–Trinajstić information content (AvgIpc) is 3.56. The second-order valence-electron chi connectivity index (χ2n) is 10.8. The van der Waals surface area contributed by atoms with Crippen LogP contribution >= 0.6 is 0 Å². The molecule has 0 saturated heterocycles. The first-order valence-electron chi connectivity index (χ1n) is 14.1. The van der Waals surface area contributed by atoms with E-state index in [2.05, 4.69) is 46.9 Å². The fourth-order valence-electron chi connectivity index (χ4n) is 5.38. The molecule has 12 heteroatoms. The summed E-state index contributed by atoms with van der Waals surface area (Å²) in [5.74, 6) is 1.18. The molecule has 220 valence electrons. The maximum absolute atomic E-state index is 10.3. The Hall–Kier alpha value is -3.74. The highest BCUT2D eigenvalue weighted by atomic mass is 16.5. The van der Waals surface area contributed by atoms with Gasteiger partial charge in [-0.05, 0) is 52.8 Å². The lowest BCUT2D eigenvalue weighted by atomic mass is 10.1. The van der Waals surface area contributed by atoms with Crippen LogP contribution in [0, 0.1) is 0 Å². The van der Waals surface area contributed by atoms with Crippen LogP contribution in [0.5, 0.6) is 11.8 Å². The molecule has 41 heavy (non-hydrogen) atoms. The van der Waals surface area contributed by atoms with E-state index >= 15 is 0 Å². The molecule has 4 aromatic rings. The van der Waals surface area contributed by atoms with Crippen molar-refractivity contribution in [2.45, 2.75) is 72.5 Å². The molecule has 0 amide bonds. The number of methoxy groups -OCH3 is 1. The molecule has 0 fully saturated rings. The fraction of sp³-hybridized carbons (Fsp3) is 0.517. The number of ether oxygens (including phenoxy) is 3. The highest BCUT2D eigenvalue weighted by Gasteiger charge is 2.27. The van der Waals surface area contributed by atoms with E-state index < -0.39 is 6.10 Å². The van der Waals surface area contributed by atoms with E-state index in [1.54, 1.807) is 24.9 Å². The Morgan fingerprint density at radius 1 is 1.22 bits per heavy atom. The van der Waals surface area contributed by atoms with Crippen LogP contribution in [0.2, 0.25) is 0 Å². The van der Waals surface area contributed by atoms with Gasteiger partial charge in [0.05, 0.1) is 54.1 Å². The van der Waals surface area contributed by atoms with Crippen LogP contribution in [0.1, 0.15) is 57.3 Å². The topological polar surface area (TPSA) is 128 Å². The molecule has 5 rings (SSSR count). The third kappa shape index (κ3) is 5.72. The van der Waals surface area contributed by atoms with Crippen LogP contribution in [0.4, 0.5) is 0 Å². The van der Waals surface area contributed by atoms with Crippen LogP contribution < -0.4 is 9.47 Å². The van der Waals surface area contributed by atoms with Gasteiger partial charge >= 0.3 is 0 Å². The van der Waals surface area contributed by atoms with Crippen molar-refractivity contribution in [3.05, 3.63) is 34.9 Å². The average molecular weight is 565 g/mol. The Balaban J connectivity index is 1.73. The number of aromatic amines is 1. The van der Waals surface area contributed by atoms with Crippen molar-refractivity contribution in [3.8, 4) is 22.9 Å². The quantitative estimate of drug-likeness (QED) is 0.346. The number of aliphatic hydroxyl groups excluding tert-OH is 1. The molecule has 1 aliphatic rings. The molecule has 0 aliphatic carbocycles.